The van der Waals surface area contributed by atoms with Crippen LogP contribution in [0.1, 0.15) is 58.7 Å². The van der Waals surface area contributed by atoms with Crippen molar-refractivity contribution in [3.63, 3.8) is 0 Å². The highest BCUT2D eigenvalue weighted by Crippen LogP contribution is 2.22. The first-order chi connectivity index (χ1) is 13.3. The highest BCUT2D eigenvalue weighted by atomic mass is 16.4. The van der Waals surface area contributed by atoms with Gasteiger partial charge < -0.3 is 10.0 Å². The third-order valence-corrected chi connectivity index (χ3v) is 5.48. The second-order valence-corrected chi connectivity index (χ2v) is 8.08. The standard InChI is InChI=1S/C22H29N3O3/c1-14(2)12-25-16(4)20(15(3)23-25)7-8-21(26)24-10-9-17-5-6-18(22(27)28)11-19(17)13-24/h5-6,11,14H,7-10,12-13H2,1-4H3,(H,27,28). The summed E-state index contributed by atoms with van der Waals surface area (Å²) in [5, 5.41) is 13.8. The summed E-state index contributed by atoms with van der Waals surface area (Å²) in [6, 6.07) is 5.21. The largest absolute Gasteiger partial charge is 0.478 e. The van der Waals surface area contributed by atoms with E-state index in [4.69, 9.17) is 0 Å². The third kappa shape index (κ3) is 4.26. The Bertz CT molecular complexity index is 899. The van der Waals surface area contributed by atoms with E-state index in [0.29, 0.717) is 31.8 Å². The minimum atomic E-state index is -0.935. The number of aromatic nitrogens is 2. The van der Waals surface area contributed by atoms with E-state index in [1.165, 1.54) is 5.56 Å². The lowest BCUT2D eigenvalue weighted by molar-refractivity contribution is -0.132. The molecule has 1 aliphatic rings. The van der Waals surface area contributed by atoms with Crippen molar-refractivity contribution in [1.29, 1.82) is 0 Å². The van der Waals surface area contributed by atoms with Crippen LogP contribution in [0.15, 0.2) is 18.2 Å². The van der Waals surface area contributed by atoms with Crippen LogP contribution in [0, 0.1) is 19.8 Å². The maximum absolute atomic E-state index is 12.8. The number of hydrogen-bond donors (Lipinski definition) is 1. The van der Waals surface area contributed by atoms with Gasteiger partial charge in [-0.25, -0.2) is 4.79 Å². The van der Waals surface area contributed by atoms with Crippen molar-refractivity contribution in [2.24, 2.45) is 5.92 Å². The summed E-state index contributed by atoms with van der Waals surface area (Å²) in [6.07, 6.45) is 1.90. The van der Waals surface area contributed by atoms with Crippen molar-refractivity contribution >= 4 is 11.9 Å². The highest BCUT2D eigenvalue weighted by Gasteiger charge is 2.22. The lowest BCUT2D eigenvalue weighted by atomic mass is 9.97. The zero-order chi connectivity index (χ0) is 20.4. The molecule has 0 radical (unpaired) electrons. The normalized spacial score (nSPS) is 13.7. The number of aromatic carboxylic acids is 1. The van der Waals surface area contributed by atoms with Crippen molar-refractivity contribution < 1.29 is 14.7 Å². The molecule has 1 aliphatic heterocycles. The summed E-state index contributed by atoms with van der Waals surface area (Å²) in [6.45, 7) is 10.5. The van der Waals surface area contributed by atoms with Gasteiger partial charge in [-0.15, -0.1) is 0 Å². The number of nitrogens with zero attached hydrogens (tertiary/aromatic N) is 3. The average molecular weight is 383 g/mol. The monoisotopic (exact) mass is 383 g/mol. The Morgan fingerprint density at radius 3 is 2.64 bits per heavy atom. The van der Waals surface area contributed by atoms with Crippen molar-refractivity contribution in [3.05, 3.63) is 51.8 Å². The van der Waals surface area contributed by atoms with Gasteiger partial charge in [-0.05, 0) is 61.4 Å². The van der Waals surface area contributed by atoms with E-state index in [0.717, 1.165) is 35.5 Å². The Kier molecular flexibility index (Phi) is 5.87. The molecule has 150 valence electrons. The van der Waals surface area contributed by atoms with Crippen molar-refractivity contribution in [2.45, 2.75) is 60.0 Å². The van der Waals surface area contributed by atoms with E-state index in [1.807, 2.05) is 22.6 Å². The molecule has 1 aromatic carbocycles. The maximum atomic E-state index is 12.8. The van der Waals surface area contributed by atoms with E-state index in [9.17, 15) is 14.7 Å². The molecular weight excluding hydrogens is 354 g/mol. The molecule has 0 aliphatic carbocycles. The van der Waals surface area contributed by atoms with Gasteiger partial charge in [0.1, 0.15) is 0 Å². The Morgan fingerprint density at radius 2 is 1.96 bits per heavy atom. The van der Waals surface area contributed by atoms with Crippen LogP contribution in [0.3, 0.4) is 0 Å². The maximum Gasteiger partial charge on any atom is 0.335 e. The number of amides is 1. The average Bonchev–Trinajstić information content (AvgIpc) is 2.91. The predicted octanol–water partition coefficient (Wildman–Crippen LogP) is 3.37. The molecular formula is C22H29N3O3. The molecule has 2 aromatic rings. The smallest absolute Gasteiger partial charge is 0.335 e. The summed E-state index contributed by atoms with van der Waals surface area (Å²) < 4.78 is 2.05. The molecule has 2 heterocycles. The molecule has 3 rings (SSSR count). The fraction of sp³-hybridized carbons (Fsp3) is 0.500. The number of hydrogen-bond acceptors (Lipinski definition) is 3. The zero-order valence-corrected chi connectivity index (χ0v) is 17.2. The number of benzene rings is 1. The Balaban J connectivity index is 1.66. The zero-order valence-electron chi connectivity index (χ0n) is 17.2. The number of fused-ring (bicyclic) bond motifs is 1. The van der Waals surface area contributed by atoms with Gasteiger partial charge in [0, 0.05) is 31.7 Å². The predicted molar refractivity (Wildman–Crippen MR) is 107 cm³/mol. The number of carbonyl (C=O) groups excluding carboxylic acids is 1. The quantitative estimate of drug-likeness (QED) is 0.830. The molecule has 0 spiro atoms. The topological polar surface area (TPSA) is 75.4 Å². The molecule has 6 nitrogen and oxygen atoms in total. The van der Waals surface area contributed by atoms with Crippen LogP contribution in [-0.2, 0) is 30.7 Å². The second-order valence-electron chi connectivity index (χ2n) is 8.08. The molecule has 0 saturated carbocycles. The van der Waals surface area contributed by atoms with Crippen LogP contribution in [0.25, 0.3) is 0 Å². The highest BCUT2D eigenvalue weighted by molar-refractivity contribution is 5.88. The number of carboxylic acid groups (broad SMARTS) is 1. The number of carbonyl (C=O) groups is 2. The van der Waals surface area contributed by atoms with Crippen molar-refractivity contribution in [1.82, 2.24) is 14.7 Å². The third-order valence-electron chi connectivity index (χ3n) is 5.48. The van der Waals surface area contributed by atoms with Gasteiger partial charge in [-0.2, -0.15) is 5.10 Å². The molecule has 0 atom stereocenters. The van der Waals surface area contributed by atoms with E-state index < -0.39 is 5.97 Å². The molecule has 1 aromatic heterocycles. The summed E-state index contributed by atoms with van der Waals surface area (Å²) in [4.78, 5) is 25.8. The SMILES string of the molecule is Cc1nn(CC(C)C)c(C)c1CCC(=O)N1CCc2ccc(C(=O)O)cc2C1. The summed E-state index contributed by atoms with van der Waals surface area (Å²) >= 11 is 0. The summed E-state index contributed by atoms with van der Waals surface area (Å²) in [7, 11) is 0. The lowest BCUT2D eigenvalue weighted by Gasteiger charge is -2.29. The first-order valence-corrected chi connectivity index (χ1v) is 9.92. The molecule has 0 bridgehead atoms. The fourth-order valence-electron chi connectivity index (χ4n) is 3.91. The van der Waals surface area contributed by atoms with Gasteiger partial charge in [0.05, 0.1) is 11.3 Å². The fourth-order valence-corrected chi connectivity index (χ4v) is 3.91. The number of rotatable bonds is 6. The molecule has 1 amide bonds. The summed E-state index contributed by atoms with van der Waals surface area (Å²) in [5.41, 5.74) is 5.67. The van der Waals surface area contributed by atoms with Gasteiger partial charge in [-0.1, -0.05) is 19.9 Å². The van der Waals surface area contributed by atoms with E-state index in [-0.39, 0.29) is 11.5 Å². The van der Waals surface area contributed by atoms with E-state index in [1.54, 1.807) is 12.1 Å². The van der Waals surface area contributed by atoms with Crippen molar-refractivity contribution in [3.8, 4) is 0 Å². The van der Waals surface area contributed by atoms with Crippen LogP contribution >= 0.6 is 0 Å². The van der Waals surface area contributed by atoms with Crippen LogP contribution in [-0.4, -0.2) is 38.2 Å². The Morgan fingerprint density at radius 1 is 1.21 bits per heavy atom. The summed E-state index contributed by atoms with van der Waals surface area (Å²) in [5.74, 6) is -0.297. The number of carboxylic acids is 1. The van der Waals surface area contributed by atoms with Crippen LogP contribution < -0.4 is 0 Å². The minimum absolute atomic E-state index is 0.113. The van der Waals surface area contributed by atoms with E-state index in [2.05, 4.69) is 25.9 Å². The van der Waals surface area contributed by atoms with Crippen LogP contribution in [0.4, 0.5) is 0 Å². The van der Waals surface area contributed by atoms with Crippen LogP contribution in [0.5, 0.6) is 0 Å². The molecule has 0 saturated heterocycles. The van der Waals surface area contributed by atoms with Gasteiger partial charge in [0.2, 0.25) is 5.91 Å². The minimum Gasteiger partial charge on any atom is -0.478 e. The first-order valence-electron chi connectivity index (χ1n) is 9.92. The van der Waals surface area contributed by atoms with Gasteiger partial charge in [0.25, 0.3) is 0 Å². The molecule has 6 heteroatoms. The molecule has 0 unspecified atom stereocenters. The Labute approximate surface area is 166 Å². The lowest BCUT2D eigenvalue weighted by Crippen LogP contribution is -2.36. The van der Waals surface area contributed by atoms with Gasteiger partial charge >= 0.3 is 5.97 Å². The van der Waals surface area contributed by atoms with E-state index >= 15 is 0 Å². The number of aryl methyl sites for hydroxylation is 1. The van der Waals surface area contributed by atoms with Crippen LogP contribution in [0.2, 0.25) is 0 Å². The molecule has 0 fully saturated rings. The van der Waals surface area contributed by atoms with Gasteiger partial charge in [-0.3, -0.25) is 9.48 Å². The second kappa shape index (κ2) is 8.17. The molecule has 1 N–H and O–H groups in total. The van der Waals surface area contributed by atoms with Crippen molar-refractivity contribution in [2.75, 3.05) is 6.54 Å². The first kappa shape index (κ1) is 20.1. The molecule has 28 heavy (non-hydrogen) atoms. The Hall–Kier alpha value is -2.63. The van der Waals surface area contributed by atoms with Gasteiger partial charge in [0.15, 0.2) is 0 Å².